The molecule has 0 heterocycles. The zero-order valence-electron chi connectivity index (χ0n) is 1.99. The van der Waals surface area contributed by atoms with Gasteiger partial charge in [-0.1, -0.05) is 0 Å². The van der Waals surface area contributed by atoms with Gasteiger partial charge in [0.2, 0.25) is 0 Å². The van der Waals surface area contributed by atoms with Crippen LogP contribution in [0.3, 0.4) is 0 Å². The molecule has 0 spiro atoms. The zero-order valence-corrected chi connectivity index (χ0v) is 7.91. The predicted molar refractivity (Wildman–Crippen MR) is 5.75 cm³/mol. The third kappa shape index (κ3) is 9.09. The van der Waals surface area contributed by atoms with E-state index in [1.807, 2.05) is 0 Å². The second-order valence-corrected chi connectivity index (χ2v) is 0. The van der Waals surface area contributed by atoms with E-state index in [1.165, 1.54) is 0 Å². The van der Waals surface area contributed by atoms with E-state index in [0.717, 1.165) is 0 Å². The molecule has 0 N–H and O–H groups in total. The van der Waals surface area contributed by atoms with Crippen molar-refractivity contribution in [3.63, 3.8) is 0 Å². The van der Waals surface area contributed by atoms with Crippen LogP contribution in [0.1, 0.15) is 0 Å². The molecule has 0 nitrogen and oxygen atoms in total. The molecule has 0 aromatic carbocycles. The van der Waals surface area contributed by atoms with Gasteiger partial charge in [-0.3, -0.25) is 0 Å². The summed E-state index contributed by atoms with van der Waals surface area (Å²) in [6.45, 7) is 0. The van der Waals surface area contributed by atoms with Gasteiger partial charge in [-0.25, -0.2) is 0 Å². The van der Waals surface area contributed by atoms with Crippen molar-refractivity contribution in [3.8, 4) is 0 Å². The van der Waals surface area contributed by atoms with Gasteiger partial charge in [0.25, 0.3) is 0 Å². The predicted octanol–water partition coefficient (Wildman–Crippen LogP) is -0.388. The first-order valence-corrected chi connectivity index (χ1v) is 0. The Bertz CT molecular complexity index is 8.00. The van der Waals surface area contributed by atoms with Crippen LogP contribution in [0, 0.1) is 0 Å². The molecule has 0 amide bonds. The molecule has 4 heavy (non-hydrogen) atoms. The summed E-state index contributed by atoms with van der Waals surface area (Å²) in [6.07, 6.45) is 0. The van der Waals surface area contributed by atoms with Gasteiger partial charge in [0.15, 0.2) is 0 Å². The molecule has 0 unspecified atom stereocenters. The normalized spacial score (nSPS) is 0. The van der Waals surface area contributed by atoms with E-state index in [0.29, 0.717) is 0 Å². The molecule has 0 atom stereocenters. The Morgan fingerprint density at radius 1 is 1.00 bits per heavy atom. The summed E-state index contributed by atoms with van der Waals surface area (Å²) in [4.78, 5) is 0. The van der Waals surface area contributed by atoms with Crippen LogP contribution in [0.4, 0.5) is 0 Å². The van der Waals surface area contributed by atoms with Crippen molar-refractivity contribution in [2.24, 2.45) is 0 Å². The molecule has 0 fully saturated rings. The number of hydrogen-bond acceptors (Lipinski definition) is 0. The minimum absolute atomic E-state index is 0. The van der Waals surface area contributed by atoms with Gasteiger partial charge in [0.1, 0.15) is 0 Å². The Morgan fingerprint density at radius 3 is 1.00 bits per heavy atom. The molecule has 0 bridgehead atoms. The number of rotatable bonds is 0. The summed E-state index contributed by atoms with van der Waals surface area (Å²) in [6, 6.07) is 0. The fraction of sp³-hybridized carbons (Fsp3) is 0. The van der Waals surface area contributed by atoms with Gasteiger partial charge in [-0.2, -0.15) is 0 Å². The Kier molecular flexibility index (Phi) is 203. The Labute approximate surface area is 65.6 Å². The molecule has 4 heteroatoms. The summed E-state index contributed by atoms with van der Waals surface area (Å²) in [7, 11) is 0. The molecule has 0 rings (SSSR count). The Balaban J connectivity index is 0. The van der Waals surface area contributed by atoms with E-state index in [4.69, 9.17) is 0 Å². The van der Waals surface area contributed by atoms with Crippen LogP contribution in [0.25, 0.3) is 0 Å². The van der Waals surface area contributed by atoms with Gasteiger partial charge in [-0.05, 0) is 0 Å². The van der Waals surface area contributed by atoms with Crippen molar-refractivity contribution in [3.05, 3.63) is 0 Å². The first-order chi connectivity index (χ1) is 0. The minimum Gasteiger partial charge on any atom is 0 e. The molecule has 0 aromatic heterocycles. The van der Waals surface area contributed by atoms with Gasteiger partial charge >= 0.3 is 0 Å². The summed E-state index contributed by atoms with van der Waals surface area (Å²) in [5, 5.41) is 0. The topological polar surface area (TPSA) is 0 Å². The van der Waals surface area contributed by atoms with E-state index in [2.05, 4.69) is 0 Å². The van der Waals surface area contributed by atoms with Crippen molar-refractivity contribution in [1.82, 2.24) is 0 Å². The molecule has 22 valence electrons. The summed E-state index contributed by atoms with van der Waals surface area (Å²) >= 11 is 0. The second-order valence-electron chi connectivity index (χ2n) is 0. The van der Waals surface area contributed by atoms with Gasteiger partial charge in [0.05, 0.1) is 0 Å². The fourth-order valence-electron chi connectivity index (χ4n) is 0. The van der Waals surface area contributed by atoms with E-state index in [-0.39, 0.29) is 66.0 Å². The summed E-state index contributed by atoms with van der Waals surface area (Å²) in [5.41, 5.74) is 0. The molecule has 0 aromatic rings. The van der Waals surface area contributed by atoms with Crippen LogP contribution in [-0.2, 0) is 57.6 Å². The average Bonchev–Trinajstić information content (AvgIpc) is 0. The molecule has 0 saturated carbocycles. The van der Waals surface area contributed by atoms with E-state index >= 15 is 0 Å². The van der Waals surface area contributed by atoms with Crippen LogP contribution in [-0.4, -0.2) is 8.41 Å². The van der Waals surface area contributed by atoms with Crippen LogP contribution in [0.2, 0.25) is 0 Å². The molecular formula is BCuMoZn. The first-order valence-electron chi connectivity index (χ1n) is 0. The maximum Gasteiger partial charge on any atom is 0 e. The third-order valence-electron chi connectivity index (χ3n) is 0. The van der Waals surface area contributed by atoms with E-state index in [9.17, 15) is 0 Å². The van der Waals surface area contributed by atoms with Crippen molar-refractivity contribution >= 4 is 8.41 Å². The largest absolute Gasteiger partial charge is 0 e. The number of hydrogen-bond donors (Lipinski definition) is 0. The minimum atomic E-state index is 0. The smallest absolute Gasteiger partial charge is 0 e. The van der Waals surface area contributed by atoms with Gasteiger partial charge < -0.3 is 0 Å². The standard InChI is InChI=1S/B.Cu.Mo.Zn. The molecule has 4 radical (unpaired) electrons. The third-order valence-corrected chi connectivity index (χ3v) is 0. The summed E-state index contributed by atoms with van der Waals surface area (Å²) in [5.74, 6) is 0. The van der Waals surface area contributed by atoms with Crippen molar-refractivity contribution < 1.29 is 57.6 Å². The maximum atomic E-state index is 0. The zero-order chi connectivity index (χ0) is 0. The van der Waals surface area contributed by atoms with Gasteiger partial charge in [0, 0.05) is 66.0 Å². The van der Waals surface area contributed by atoms with Crippen molar-refractivity contribution in [2.45, 2.75) is 0 Å². The molecule has 0 aliphatic rings. The Hall–Kier alpha value is 1.90. The van der Waals surface area contributed by atoms with Crippen LogP contribution in [0.5, 0.6) is 0 Å². The van der Waals surface area contributed by atoms with Crippen LogP contribution < -0.4 is 0 Å². The summed E-state index contributed by atoms with van der Waals surface area (Å²) < 4.78 is 0. The maximum absolute atomic E-state index is 0. The SMILES string of the molecule is [B].[Cu].[Mo].[Zn]. The van der Waals surface area contributed by atoms with Crippen LogP contribution >= 0.6 is 0 Å². The molecule has 0 saturated heterocycles. The Morgan fingerprint density at radius 2 is 1.00 bits per heavy atom. The molecular weight excluding hydrogens is 236 g/mol. The fourth-order valence-corrected chi connectivity index (χ4v) is 0. The van der Waals surface area contributed by atoms with Crippen molar-refractivity contribution in [2.75, 3.05) is 0 Å². The van der Waals surface area contributed by atoms with E-state index in [1.54, 1.807) is 0 Å². The average molecular weight is 236 g/mol. The van der Waals surface area contributed by atoms with Crippen molar-refractivity contribution in [1.29, 1.82) is 0 Å². The second kappa shape index (κ2) is 20.7. The quantitative estimate of drug-likeness (QED) is 0.502. The first kappa shape index (κ1) is 39.3. The molecule has 0 aliphatic heterocycles. The molecule has 0 aliphatic carbocycles. The van der Waals surface area contributed by atoms with E-state index < -0.39 is 0 Å². The van der Waals surface area contributed by atoms with Crippen LogP contribution in [0.15, 0.2) is 0 Å². The van der Waals surface area contributed by atoms with Gasteiger partial charge in [-0.15, -0.1) is 0 Å². The monoisotopic (exact) mass is 236 g/mol.